The number of ether oxygens (including phenoxy) is 3. The van der Waals surface area contributed by atoms with E-state index < -0.39 is 11.9 Å². The number of azo groups is 3. The van der Waals surface area contributed by atoms with Crippen LogP contribution in [0.25, 0.3) is 0 Å². The van der Waals surface area contributed by atoms with Crippen molar-refractivity contribution in [2.24, 2.45) is 30.7 Å². The summed E-state index contributed by atoms with van der Waals surface area (Å²) in [7, 11) is 0. The molecule has 0 aromatic heterocycles. The maximum atomic E-state index is 12.6. The third-order valence-electron chi connectivity index (χ3n) is 7.15. The van der Waals surface area contributed by atoms with Crippen LogP contribution in [0.1, 0.15) is 36.0 Å². The molecular formula is C40H36N6O5. The molecule has 0 amide bonds. The van der Waals surface area contributed by atoms with E-state index in [2.05, 4.69) is 37.3 Å². The van der Waals surface area contributed by atoms with Gasteiger partial charge in [-0.3, -0.25) is 0 Å². The van der Waals surface area contributed by atoms with Gasteiger partial charge in [-0.2, -0.15) is 30.7 Å². The molecule has 0 N–H and O–H groups in total. The Balaban J connectivity index is 1.02. The monoisotopic (exact) mass is 680 g/mol. The first kappa shape index (κ1) is 35.7. The number of rotatable bonds is 17. The minimum atomic E-state index is -0.479. The summed E-state index contributed by atoms with van der Waals surface area (Å²) < 4.78 is 16.2. The van der Waals surface area contributed by atoms with Gasteiger partial charge in [0.1, 0.15) is 11.5 Å². The van der Waals surface area contributed by atoms with Crippen LogP contribution in [0.2, 0.25) is 0 Å². The second-order valence-corrected chi connectivity index (χ2v) is 11.0. The van der Waals surface area contributed by atoms with E-state index in [1.165, 1.54) is 0 Å². The summed E-state index contributed by atoms with van der Waals surface area (Å²) in [5.41, 5.74) is 4.52. The summed E-state index contributed by atoms with van der Waals surface area (Å²) in [5.74, 6) is 0.184. The molecule has 0 radical (unpaired) electrons. The zero-order valence-corrected chi connectivity index (χ0v) is 27.9. The van der Waals surface area contributed by atoms with Gasteiger partial charge in [0.05, 0.1) is 52.9 Å². The second kappa shape index (κ2) is 19.4. The van der Waals surface area contributed by atoms with Crippen molar-refractivity contribution >= 4 is 46.1 Å². The third kappa shape index (κ3) is 12.4. The van der Waals surface area contributed by atoms with Gasteiger partial charge in [-0.15, -0.1) is 0 Å². The van der Waals surface area contributed by atoms with Crippen LogP contribution in [0.3, 0.4) is 0 Å². The van der Waals surface area contributed by atoms with Gasteiger partial charge >= 0.3 is 11.9 Å². The largest absolute Gasteiger partial charge is 0.494 e. The van der Waals surface area contributed by atoms with E-state index in [1.54, 1.807) is 72.8 Å². The molecule has 5 rings (SSSR count). The number of esters is 2. The lowest BCUT2D eigenvalue weighted by molar-refractivity contribution is -0.137. The molecule has 51 heavy (non-hydrogen) atoms. The average molecular weight is 681 g/mol. The minimum absolute atomic E-state index is 0.388. The number of nitrogens with zero attached hydrogens (tertiary/aromatic N) is 6. The van der Waals surface area contributed by atoms with Gasteiger partial charge in [0.2, 0.25) is 0 Å². The molecule has 0 atom stereocenters. The average Bonchev–Trinajstić information content (AvgIpc) is 3.18. The summed E-state index contributed by atoms with van der Waals surface area (Å²) >= 11 is 0. The zero-order valence-electron chi connectivity index (χ0n) is 27.9. The summed E-state index contributed by atoms with van der Waals surface area (Å²) in [6.07, 6.45) is 4.73. The molecule has 0 saturated carbocycles. The Bertz CT molecular complexity index is 1940. The molecule has 0 saturated heterocycles. The minimum Gasteiger partial charge on any atom is -0.494 e. The SMILES string of the molecule is C=CC(=O)OCCCCCCOc1ccc(C(=O)Oc2ccc(N=Nc3ccc(N=Nc4ccc(N=Nc5ccccc5)cc4)cc3)cc2)cc1. The molecular weight excluding hydrogens is 644 g/mol. The summed E-state index contributed by atoms with van der Waals surface area (Å²) in [5, 5.41) is 25.6. The zero-order chi connectivity index (χ0) is 35.5. The standard InChI is InChI=1S/C40H36N6O5/c1-2-39(47)50-29-9-4-3-8-28-49-37-24-12-30(13-25-37)40(48)51-38-26-22-36(23-27-38)46-45-35-20-18-34(19-21-35)44-43-33-16-14-32(15-17-33)42-41-31-10-6-5-7-11-31/h2,5-7,10-27H,1,3-4,8-9,28-29H2. The topological polar surface area (TPSA) is 136 Å². The molecule has 0 bridgehead atoms. The number of carbonyl (C=O) groups is 2. The Kier molecular flexibility index (Phi) is 13.6. The first-order valence-corrected chi connectivity index (χ1v) is 16.4. The highest BCUT2D eigenvalue weighted by atomic mass is 16.5. The van der Waals surface area contributed by atoms with Crippen molar-refractivity contribution in [2.75, 3.05) is 13.2 Å². The van der Waals surface area contributed by atoms with Crippen LogP contribution in [0.4, 0.5) is 34.1 Å². The smallest absolute Gasteiger partial charge is 0.343 e. The Hall–Kier alpha value is -6.62. The Labute approximate surface area is 296 Å². The van der Waals surface area contributed by atoms with Gasteiger partial charge in [0.25, 0.3) is 0 Å². The van der Waals surface area contributed by atoms with E-state index >= 15 is 0 Å². The predicted molar refractivity (Wildman–Crippen MR) is 195 cm³/mol. The Morgan fingerprint density at radius 1 is 0.490 bits per heavy atom. The van der Waals surface area contributed by atoms with Gasteiger partial charge < -0.3 is 14.2 Å². The molecule has 0 spiro atoms. The van der Waals surface area contributed by atoms with Gasteiger partial charge in [-0.1, -0.05) is 24.8 Å². The van der Waals surface area contributed by atoms with Crippen molar-refractivity contribution in [3.63, 3.8) is 0 Å². The molecule has 11 heteroatoms. The van der Waals surface area contributed by atoms with Crippen molar-refractivity contribution in [3.05, 3.63) is 146 Å². The van der Waals surface area contributed by atoms with Crippen LogP contribution >= 0.6 is 0 Å². The van der Waals surface area contributed by atoms with Crippen molar-refractivity contribution in [2.45, 2.75) is 25.7 Å². The fraction of sp³-hybridized carbons (Fsp3) is 0.150. The lowest BCUT2D eigenvalue weighted by Gasteiger charge is -2.08. The summed E-state index contributed by atoms with van der Waals surface area (Å²) in [6.45, 7) is 4.32. The van der Waals surface area contributed by atoms with E-state index in [0.29, 0.717) is 53.0 Å². The van der Waals surface area contributed by atoms with E-state index in [-0.39, 0.29) is 0 Å². The molecule has 11 nitrogen and oxygen atoms in total. The number of carbonyl (C=O) groups excluding carboxylic acids is 2. The normalized spacial score (nSPS) is 11.2. The Morgan fingerprint density at radius 3 is 1.37 bits per heavy atom. The van der Waals surface area contributed by atoms with Crippen LogP contribution in [0.5, 0.6) is 11.5 Å². The molecule has 5 aromatic carbocycles. The first-order chi connectivity index (χ1) is 25.0. The molecule has 0 aliphatic rings. The Morgan fingerprint density at radius 2 is 0.902 bits per heavy atom. The predicted octanol–water partition coefficient (Wildman–Crippen LogP) is 11.8. The number of unbranched alkanes of at least 4 members (excludes halogenated alkanes) is 3. The van der Waals surface area contributed by atoms with Crippen LogP contribution in [-0.2, 0) is 9.53 Å². The van der Waals surface area contributed by atoms with Crippen LogP contribution in [0, 0.1) is 0 Å². The van der Waals surface area contributed by atoms with E-state index in [4.69, 9.17) is 14.2 Å². The fourth-order valence-electron chi connectivity index (χ4n) is 4.43. The summed E-state index contributed by atoms with van der Waals surface area (Å²) in [6, 6.07) is 37.6. The van der Waals surface area contributed by atoms with Gasteiger partial charge in [-0.25, -0.2) is 9.59 Å². The van der Waals surface area contributed by atoms with E-state index in [0.717, 1.165) is 43.1 Å². The summed E-state index contributed by atoms with van der Waals surface area (Å²) in [4.78, 5) is 23.7. The van der Waals surface area contributed by atoms with E-state index in [9.17, 15) is 9.59 Å². The quantitative estimate of drug-likeness (QED) is 0.0316. The lowest BCUT2D eigenvalue weighted by Crippen LogP contribution is -2.08. The molecule has 0 aliphatic heterocycles. The lowest BCUT2D eigenvalue weighted by atomic mass is 10.2. The molecule has 5 aromatic rings. The van der Waals surface area contributed by atoms with Crippen LogP contribution < -0.4 is 9.47 Å². The number of hydrogen-bond acceptors (Lipinski definition) is 11. The van der Waals surface area contributed by atoms with Gasteiger partial charge in [0, 0.05) is 6.08 Å². The van der Waals surface area contributed by atoms with Crippen molar-refractivity contribution in [1.82, 2.24) is 0 Å². The maximum absolute atomic E-state index is 12.6. The fourth-order valence-corrected chi connectivity index (χ4v) is 4.43. The third-order valence-corrected chi connectivity index (χ3v) is 7.15. The highest BCUT2D eigenvalue weighted by Crippen LogP contribution is 2.26. The van der Waals surface area contributed by atoms with E-state index in [1.807, 2.05) is 54.6 Å². The molecule has 256 valence electrons. The van der Waals surface area contributed by atoms with Crippen LogP contribution in [-0.4, -0.2) is 25.2 Å². The second-order valence-electron chi connectivity index (χ2n) is 11.0. The number of hydrogen-bond donors (Lipinski definition) is 0. The van der Waals surface area contributed by atoms with Crippen molar-refractivity contribution in [3.8, 4) is 11.5 Å². The highest BCUT2D eigenvalue weighted by Gasteiger charge is 2.09. The molecule has 0 fully saturated rings. The van der Waals surface area contributed by atoms with Gasteiger partial charge in [-0.05, 0) is 135 Å². The molecule has 0 unspecified atom stereocenters. The number of benzene rings is 5. The van der Waals surface area contributed by atoms with Crippen molar-refractivity contribution in [1.29, 1.82) is 0 Å². The first-order valence-electron chi connectivity index (χ1n) is 16.4. The highest BCUT2D eigenvalue weighted by molar-refractivity contribution is 5.91. The molecule has 0 heterocycles. The van der Waals surface area contributed by atoms with Crippen molar-refractivity contribution < 1.29 is 23.8 Å². The van der Waals surface area contributed by atoms with Gasteiger partial charge in [0.15, 0.2) is 0 Å². The maximum Gasteiger partial charge on any atom is 0.343 e. The van der Waals surface area contributed by atoms with Crippen LogP contribution in [0.15, 0.2) is 171 Å². The molecule has 0 aliphatic carbocycles.